The molecule has 0 aromatic carbocycles. The van der Waals surface area contributed by atoms with Gasteiger partial charge in [0.25, 0.3) is 0 Å². The highest BCUT2D eigenvalue weighted by Crippen LogP contribution is 2.09. The standard InChI is InChI=1S/C11H21N5O2S/c1-4-12-11-15-9(2)8-10(16-11)13-6-5-7-14-19(3,17)18/h8,14H,4-7H2,1-3H3,(H2,12,13,15,16). The predicted molar refractivity (Wildman–Crippen MR) is 76.9 cm³/mol. The average Bonchev–Trinajstić information content (AvgIpc) is 2.26. The second-order valence-electron chi connectivity index (χ2n) is 4.20. The maximum absolute atomic E-state index is 10.9. The van der Waals surface area contributed by atoms with Crippen molar-refractivity contribution in [3.05, 3.63) is 11.8 Å². The molecular weight excluding hydrogens is 266 g/mol. The van der Waals surface area contributed by atoms with E-state index in [9.17, 15) is 8.42 Å². The van der Waals surface area contributed by atoms with Crippen molar-refractivity contribution >= 4 is 21.8 Å². The molecule has 0 bridgehead atoms. The topological polar surface area (TPSA) is 96.0 Å². The molecule has 0 radical (unpaired) electrons. The van der Waals surface area contributed by atoms with Gasteiger partial charge in [0, 0.05) is 31.4 Å². The Labute approximate surface area is 114 Å². The van der Waals surface area contributed by atoms with Crippen LogP contribution in [-0.4, -0.2) is 44.3 Å². The third kappa shape index (κ3) is 6.92. The van der Waals surface area contributed by atoms with Crippen molar-refractivity contribution in [3.8, 4) is 0 Å². The van der Waals surface area contributed by atoms with Crippen LogP contribution in [0.5, 0.6) is 0 Å². The summed E-state index contributed by atoms with van der Waals surface area (Å²) in [6, 6.07) is 1.85. The molecule has 1 aromatic heterocycles. The molecule has 0 amide bonds. The van der Waals surface area contributed by atoms with Gasteiger partial charge in [-0.2, -0.15) is 4.98 Å². The molecule has 7 nitrogen and oxygen atoms in total. The summed E-state index contributed by atoms with van der Waals surface area (Å²) in [5.74, 6) is 1.34. The van der Waals surface area contributed by atoms with E-state index >= 15 is 0 Å². The van der Waals surface area contributed by atoms with E-state index in [2.05, 4.69) is 25.3 Å². The Morgan fingerprint density at radius 3 is 2.58 bits per heavy atom. The SMILES string of the molecule is CCNc1nc(C)cc(NCCCNS(C)(=O)=O)n1. The van der Waals surface area contributed by atoms with Crippen LogP contribution in [0, 0.1) is 6.92 Å². The van der Waals surface area contributed by atoms with Crippen molar-refractivity contribution in [2.75, 3.05) is 36.5 Å². The molecule has 3 N–H and O–H groups in total. The molecule has 1 heterocycles. The monoisotopic (exact) mass is 287 g/mol. The molecule has 0 fully saturated rings. The van der Waals surface area contributed by atoms with Gasteiger partial charge in [0.15, 0.2) is 0 Å². The van der Waals surface area contributed by atoms with Gasteiger partial charge in [-0.05, 0) is 20.3 Å². The second-order valence-corrected chi connectivity index (χ2v) is 6.03. The summed E-state index contributed by atoms with van der Waals surface area (Å²) in [6.45, 7) is 5.70. The van der Waals surface area contributed by atoms with Crippen LogP contribution in [0.15, 0.2) is 6.07 Å². The average molecular weight is 287 g/mol. The first-order valence-electron chi connectivity index (χ1n) is 6.19. The van der Waals surface area contributed by atoms with Gasteiger partial charge in [-0.15, -0.1) is 0 Å². The van der Waals surface area contributed by atoms with Crippen molar-refractivity contribution in [1.82, 2.24) is 14.7 Å². The van der Waals surface area contributed by atoms with E-state index in [1.165, 1.54) is 0 Å². The Bertz CT molecular complexity index is 504. The number of aryl methyl sites for hydroxylation is 1. The van der Waals surface area contributed by atoms with Crippen molar-refractivity contribution in [2.45, 2.75) is 20.3 Å². The number of aromatic nitrogens is 2. The number of nitrogens with zero attached hydrogens (tertiary/aromatic N) is 2. The Balaban J connectivity index is 2.40. The first kappa shape index (κ1) is 15.6. The van der Waals surface area contributed by atoms with E-state index in [1.807, 2.05) is 19.9 Å². The van der Waals surface area contributed by atoms with Crippen LogP contribution in [-0.2, 0) is 10.0 Å². The number of anilines is 2. The molecule has 0 unspecified atom stereocenters. The molecule has 0 spiro atoms. The molecule has 0 aliphatic rings. The van der Waals surface area contributed by atoms with Gasteiger partial charge < -0.3 is 10.6 Å². The third-order valence-corrected chi connectivity index (χ3v) is 2.94. The van der Waals surface area contributed by atoms with E-state index in [-0.39, 0.29) is 0 Å². The highest BCUT2D eigenvalue weighted by molar-refractivity contribution is 7.88. The van der Waals surface area contributed by atoms with Gasteiger partial charge in [0.1, 0.15) is 5.82 Å². The number of nitrogens with one attached hydrogen (secondary N) is 3. The highest BCUT2D eigenvalue weighted by atomic mass is 32.2. The molecule has 0 saturated carbocycles. The van der Waals surface area contributed by atoms with E-state index in [1.54, 1.807) is 0 Å². The summed E-state index contributed by atoms with van der Waals surface area (Å²) < 4.78 is 24.2. The minimum atomic E-state index is -3.10. The van der Waals surface area contributed by atoms with E-state index in [0.29, 0.717) is 25.5 Å². The summed E-state index contributed by atoms with van der Waals surface area (Å²) >= 11 is 0. The fraction of sp³-hybridized carbons (Fsp3) is 0.636. The zero-order chi connectivity index (χ0) is 14.3. The van der Waals surface area contributed by atoms with Gasteiger partial charge in [0.05, 0.1) is 6.26 Å². The zero-order valence-corrected chi connectivity index (χ0v) is 12.3. The second kappa shape index (κ2) is 7.25. The van der Waals surface area contributed by atoms with E-state index in [0.717, 1.165) is 24.3 Å². The van der Waals surface area contributed by atoms with E-state index in [4.69, 9.17) is 0 Å². The quantitative estimate of drug-likeness (QED) is 0.605. The smallest absolute Gasteiger partial charge is 0.224 e. The lowest BCUT2D eigenvalue weighted by molar-refractivity contribution is 0.586. The van der Waals surface area contributed by atoms with Crippen LogP contribution in [0.1, 0.15) is 19.0 Å². The first-order chi connectivity index (χ1) is 8.90. The number of hydrogen-bond acceptors (Lipinski definition) is 6. The molecule has 1 aromatic rings. The number of hydrogen-bond donors (Lipinski definition) is 3. The minimum absolute atomic E-state index is 0.413. The Morgan fingerprint density at radius 1 is 1.21 bits per heavy atom. The van der Waals surface area contributed by atoms with Crippen LogP contribution in [0.4, 0.5) is 11.8 Å². The van der Waals surface area contributed by atoms with Gasteiger partial charge in [-0.1, -0.05) is 0 Å². The maximum Gasteiger partial charge on any atom is 0.224 e. The molecule has 0 saturated heterocycles. The molecule has 0 aliphatic carbocycles. The van der Waals surface area contributed by atoms with E-state index < -0.39 is 10.0 Å². The van der Waals surface area contributed by atoms with Crippen LogP contribution >= 0.6 is 0 Å². The summed E-state index contributed by atoms with van der Waals surface area (Å²) in [5, 5.41) is 6.20. The lowest BCUT2D eigenvalue weighted by atomic mass is 10.4. The van der Waals surface area contributed by atoms with Crippen LogP contribution in [0.25, 0.3) is 0 Å². The van der Waals surface area contributed by atoms with Crippen molar-refractivity contribution in [3.63, 3.8) is 0 Å². The largest absolute Gasteiger partial charge is 0.370 e. The number of rotatable bonds is 8. The van der Waals surface area contributed by atoms with Crippen LogP contribution < -0.4 is 15.4 Å². The van der Waals surface area contributed by atoms with Crippen LogP contribution in [0.3, 0.4) is 0 Å². The molecule has 0 atom stereocenters. The maximum atomic E-state index is 10.9. The van der Waals surface area contributed by atoms with Crippen molar-refractivity contribution in [1.29, 1.82) is 0 Å². The summed E-state index contributed by atoms with van der Waals surface area (Å²) in [4.78, 5) is 8.54. The lowest BCUT2D eigenvalue weighted by Crippen LogP contribution is -2.24. The molecule has 108 valence electrons. The molecule has 8 heteroatoms. The van der Waals surface area contributed by atoms with Gasteiger partial charge in [0.2, 0.25) is 16.0 Å². The van der Waals surface area contributed by atoms with Gasteiger partial charge in [-0.25, -0.2) is 18.1 Å². The lowest BCUT2D eigenvalue weighted by Gasteiger charge is -2.09. The fourth-order valence-electron chi connectivity index (χ4n) is 1.46. The molecule has 0 aliphatic heterocycles. The molecule has 19 heavy (non-hydrogen) atoms. The van der Waals surface area contributed by atoms with Gasteiger partial charge >= 0.3 is 0 Å². The van der Waals surface area contributed by atoms with Crippen LogP contribution in [0.2, 0.25) is 0 Å². The molecule has 1 rings (SSSR count). The van der Waals surface area contributed by atoms with Gasteiger partial charge in [-0.3, -0.25) is 0 Å². The zero-order valence-electron chi connectivity index (χ0n) is 11.5. The summed E-state index contributed by atoms with van der Waals surface area (Å²) in [7, 11) is -3.10. The first-order valence-corrected chi connectivity index (χ1v) is 8.08. The summed E-state index contributed by atoms with van der Waals surface area (Å²) in [5.41, 5.74) is 0.878. The normalized spacial score (nSPS) is 11.3. The number of sulfonamides is 1. The van der Waals surface area contributed by atoms with Crippen molar-refractivity contribution in [2.24, 2.45) is 0 Å². The summed E-state index contributed by atoms with van der Waals surface area (Å²) in [6.07, 6.45) is 1.84. The Kier molecular flexibility index (Phi) is 5.97. The Hall–Kier alpha value is -1.41. The predicted octanol–water partition coefficient (Wildman–Crippen LogP) is 0.568. The Morgan fingerprint density at radius 2 is 1.95 bits per heavy atom. The van der Waals surface area contributed by atoms with Crippen molar-refractivity contribution < 1.29 is 8.42 Å². The fourth-order valence-corrected chi connectivity index (χ4v) is 1.97. The third-order valence-electron chi connectivity index (χ3n) is 2.21. The highest BCUT2D eigenvalue weighted by Gasteiger charge is 2.02. The minimum Gasteiger partial charge on any atom is -0.370 e. The molecular formula is C11H21N5O2S.